The third-order valence-electron chi connectivity index (χ3n) is 3.16. The molecule has 23 heavy (non-hydrogen) atoms. The summed E-state index contributed by atoms with van der Waals surface area (Å²) in [7, 11) is -2.54. The molecule has 1 heterocycles. The molecule has 2 aromatic rings. The van der Waals surface area contributed by atoms with Crippen LogP contribution < -0.4 is 10.0 Å². The van der Waals surface area contributed by atoms with E-state index < -0.39 is 21.1 Å². The van der Waals surface area contributed by atoms with Crippen molar-refractivity contribution < 1.29 is 18.4 Å². The molecule has 0 spiro atoms. The molecule has 1 aromatic carbocycles. The van der Waals surface area contributed by atoms with Crippen LogP contribution in [0.1, 0.15) is 11.7 Å². The first-order valence-corrected chi connectivity index (χ1v) is 8.94. The van der Waals surface area contributed by atoms with Crippen molar-refractivity contribution in [3.05, 3.63) is 50.7 Å². The molecule has 1 atom stereocenters. The number of hydrogen-bond donors (Lipinski definition) is 3. The highest BCUT2D eigenvalue weighted by Gasteiger charge is 2.21. The summed E-state index contributed by atoms with van der Waals surface area (Å²) in [4.78, 5) is 10.3. The molecule has 0 saturated carbocycles. The van der Waals surface area contributed by atoms with Crippen molar-refractivity contribution in [1.82, 2.24) is 4.72 Å². The number of aliphatic hydroxyl groups excluding tert-OH is 1. The predicted molar refractivity (Wildman–Crippen MR) is 87.1 cm³/mol. The van der Waals surface area contributed by atoms with Gasteiger partial charge in [0.1, 0.15) is 5.69 Å². The molecular formula is C13H15N3O5S2. The van der Waals surface area contributed by atoms with Crippen LogP contribution in [-0.4, -0.2) is 32.0 Å². The Morgan fingerprint density at radius 3 is 2.70 bits per heavy atom. The van der Waals surface area contributed by atoms with Gasteiger partial charge in [-0.1, -0.05) is 0 Å². The molecule has 3 N–H and O–H groups in total. The molecule has 124 valence electrons. The summed E-state index contributed by atoms with van der Waals surface area (Å²) in [6.45, 7) is 0.0652. The van der Waals surface area contributed by atoms with Gasteiger partial charge in [-0.2, -0.15) is 11.3 Å². The lowest BCUT2D eigenvalue weighted by atomic mass is 10.2. The van der Waals surface area contributed by atoms with Crippen molar-refractivity contribution in [2.75, 3.05) is 18.9 Å². The van der Waals surface area contributed by atoms with Crippen LogP contribution in [0.15, 0.2) is 39.9 Å². The Labute approximate surface area is 137 Å². The number of nitrogens with one attached hydrogen (secondary N) is 2. The Balaban J connectivity index is 2.23. The molecule has 0 saturated heterocycles. The average Bonchev–Trinajstić information content (AvgIpc) is 3.06. The van der Waals surface area contributed by atoms with E-state index in [0.29, 0.717) is 5.56 Å². The van der Waals surface area contributed by atoms with Crippen LogP contribution in [-0.2, 0) is 10.0 Å². The third kappa shape index (κ3) is 4.05. The third-order valence-corrected chi connectivity index (χ3v) is 5.27. The summed E-state index contributed by atoms with van der Waals surface area (Å²) in [5.41, 5.74) is 0.470. The van der Waals surface area contributed by atoms with E-state index in [-0.39, 0.29) is 22.8 Å². The molecule has 0 amide bonds. The fourth-order valence-corrected chi connectivity index (χ4v) is 3.34. The van der Waals surface area contributed by atoms with Crippen LogP contribution in [0.25, 0.3) is 0 Å². The van der Waals surface area contributed by atoms with Crippen LogP contribution in [0, 0.1) is 10.1 Å². The van der Waals surface area contributed by atoms with E-state index in [0.717, 1.165) is 6.07 Å². The topological polar surface area (TPSA) is 122 Å². The highest BCUT2D eigenvalue weighted by molar-refractivity contribution is 7.89. The zero-order chi connectivity index (χ0) is 17.0. The van der Waals surface area contributed by atoms with Gasteiger partial charge in [0, 0.05) is 12.6 Å². The zero-order valence-corrected chi connectivity index (χ0v) is 13.7. The molecule has 1 aromatic heterocycles. The average molecular weight is 357 g/mol. The number of rotatable bonds is 7. The minimum atomic E-state index is -3.77. The zero-order valence-electron chi connectivity index (χ0n) is 12.1. The maximum Gasteiger partial charge on any atom is 0.293 e. The first-order valence-electron chi connectivity index (χ1n) is 6.51. The fourth-order valence-electron chi connectivity index (χ4n) is 1.89. The standard InChI is InChI=1S/C13H15N3O5S2/c1-14-23(20,21)10-2-3-11(12(6-10)16(18)19)15-7-13(17)9-4-5-22-8-9/h2-6,8,13-15,17H,7H2,1H3. The molecule has 0 aliphatic heterocycles. The predicted octanol–water partition coefficient (Wildman–Crippen LogP) is 1.71. The Hall–Kier alpha value is -2.01. The van der Waals surface area contributed by atoms with Gasteiger partial charge in [0.15, 0.2) is 0 Å². The number of aliphatic hydroxyl groups is 1. The fraction of sp³-hybridized carbons (Fsp3) is 0.231. The SMILES string of the molecule is CNS(=O)(=O)c1ccc(NCC(O)c2ccsc2)c([N+](=O)[O-])c1. The van der Waals surface area contributed by atoms with E-state index in [1.807, 2.05) is 5.38 Å². The normalized spacial score (nSPS) is 12.8. The van der Waals surface area contributed by atoms with Crippen LogP contribution in [0.4, 0.5) is 11.4 Å². The van der Waals surface area contributed by atoms with Gasteiger partial charge < -0.3 is 10.4 Å². The van der Waals surface area contributed by atoms with Crippen molar-refractivity contribution >= 4 is 32.7 Å². The van der Waals surface area contributed by atoms with Crippen molar-refractivity contribution in [1.29, 1.82) is 0 Å². The second-order valence-corrected chi connectivity index (χ2v) is 7.26. The molecule has 1 unspecified atom stereocenters. The van der Waals surface area contributed by atoms with E-state index in [9.17, 15) is 23.6 Å². The second-order valence-electron chi connectivity index (χ2n) is 4.60. The van der Waals surface area contributed by atoms with Gasteiger partial charge in [-0.3, -0.25) is 10.1 Å². The lowest BCUT2D eigenvalue weighted by molar-refractivity contribution is -0.384. The number of anilines is 1. The maximum atomic E-state index is 11.7. The van der Waals surface area contributed by atoms with Gasteiger partial charge in [0.05, 0.1) is 15.9 Å². The second kappa shape index (κ2) is 7.04. The van der Waals surface area contributed by atoms with Crippen LogP contribution >= 0.6 is 11.3 Å². The summed E-state index contributed by atoms with van der Waals surface area (Å²) in [5.74, 6) is 0. The van der Waals surface area contributed by atoms with E-state index in [2.05, 4.69) is 10.0 Å². The minimum Gasteiger partial charge on any atom is -0.387 e. The van der Waals surface area contributed by atoms with Crippen molar-refractivity contribution in [2.24, 2.45) is 0 Å². The van der Waals surface area contributed by atoms with E-state index in [1.165, 1.54) is 30.5 Å². The number of nitrogens with zero attached hydrogens (tertiary/aromatic N) is 1. The quantitative estimate of drug-likeness (QED) is 0.512. The number of hydrogen-bond acceptors (Lipinski definition) is 7. The number of nitro benzene ring substituents is 1. The lowest BCUT2D eigenvalue weighted by Crippen LogP contribution is -2.19. The van der Waals surface area contributed by atoms with Crippen molar-refractivity contribution in [3.63, 3.8) is 0 Å². The number of benzene rings is 1. The van der Waals surface area contributed by atoms with E-state index in [4.69, 9.17) is 0 Å². The molecule has 2 rings (SSSR count). The monoisotopic (exact) mass is 357 g/mol. The molecule has 0 bridgehead atoms. The molecular weight excluding hydrogens is 342 g/mol. The van der Waals surface area contributed by atoms with Gasteiger partial charge in [0.25, 0.3) is 5.69 Å². The van der Waals surface area contributed by atoms with Gasteiger partial charge in [0.2, 0.25) is 10.0 Å². The van der Waals surface area contributed by atoms with Crippen LogP contribution in [0.3, 0.4) is 0 Å². The summed E-state index contributed by atoms with van der Waals surface area (Å²) in [6.07, 6.45) is -0.818. The molecule has 10 heteroatoms. The van der Waals surface area contributed by atoms with Crippen LogP contribution in [0.5, 0.6) is 0 Å². The minimum absolute atomic E-state index is 0.0652. The first-order chi connectivity index (χ1) is 10.8. The summed E-state index contributed by atoms with van der Waals surface area (Å²) < 4.78 is 25.5. The Bertz CT molecular complexity index is 790. The van der Waals surface area contributed by atoms with E-state index >= 15 is 0 Å². The maximum absolute atomic E-state index is 11.7. The number of thiophene rings is 1. The first kappa shape index (κ1) is 17.3. The van der Waals surface area contributed by atoms with Gasteiger partial charge in [-0.25, -0.2) is 13.1 Å². The molecule has 0 aliphatic carbocycles. The van der Waals surface area contributed by atoms with E-state index in [1.54, 1.807) is 11.4 Å². The summed E-state index contributed by atoms with van der Waals surface area (Å²) in [5, 5.41) is 27.5. The smallest absolute Gasteiger partial charge is 0.293 e. The highest BCUT2D eigenvalue weighted by Crippen LogP contribution is 2.28. The Kier molecular flexibility index (Phi) is 5.31. The lowest BCUT2D eigenvalue weighted by Gasteiger charge is -2.12. The number of sulfonamides is 1. The Morgan fingerprint density at radius 1 is 1.39 bits per heavy atom. The van der Waals surface area contributed by atoms with Gasteiger partial charge in [-0.15, -0.1) is 0 Å². The van der Waals surface area contributed by atoms with Gasteiger partial charge in [-0.05, 0) is 41.6 Å². The molecule has 0 aliphatic rings. The molecule has 8 nitrogen and oxygen atoms in total. The largest absolute Gasteiger partial charge is 0.387 e. The Morgan fingerprint density at radius 2 is 2.13 bits per heavy atom. The van der Waals surface area contributed by atoms with Crippen molar-refractivity contribution in [3.8, 4) is 0 Å². The van der Waals surface area contributed by atoms with Crippen molar-refractivity contribution in [2.45, 2.75) is 11.0 Å². The summed E-state index contributed by atoms with van der Waals surface area (Å²) in [6, 6.07) is 5.31. The highest BCUT2D eigenvalue weighted by atomic mass is 32.2. The summed E-state index contributed by atoms with van der Waals surface area (Å²) >= 11 is 1.44. The van der Waals surface area contributed by atoms with Gasteiger partial charge >= 0.3 is 0 Å². The number of nitro groups is 1. The molecule has 0 radical (unpaired) electrons. The van der Waals surface area contributed by atoms with Crippen LogP contribution in [0.2, 0.25) is 0 Å². The molecule has 0 fully saturated rings.